The molecule has 0 bridgehead atoms. The van der Waals surface area contributed by atoms with Crippen LogP contribution in [0.15, 0.2) is 85.0 Å². The molecule has 2 aliphatic rings. The van der Waals surface area contributed by atoms with Gasteiger partial charge in [0.1, 0.15) is 0 Å². The summed E-state index contributed by atoms with van der Waals surface area (Å²) < 4.78 is 0. The molecule has 2 aliphatic carbocycles. The maximum absolute atomic E-state index is 4.10. The van der Waals surface area contributed by atoms with E-state index in [1.54, 1.807) is 5.57 Å². The summed E-state index contributed by atoms with van der Waals surface area (Å²) in [4.78, 5) is 0. The quantitative estimate of drug-likeness (QED) is 0.559. The van der Waals surface area contributed by atoms with Crippen LogP contribution in [0.4, 0.5) is 0 Å². The zero-order valence-electron chi connectivity index (χ0n) is 15.6. The van der Waals surface area contributed by atoms with Crippen LogP contribution in [0.3, 0.4) is 0 Å². The van der Waals surface area contributed by atoms with Crippen molar-refractivity contribution < 1.29 is 51.0 Å². The zero-order valence-corrected chi connectivity index (χ0v) is 19.6. The van der Waals surface area contributed by atoms with Crippen molar-refractivity contribution in [3.63, 3.8) is 0 Å². The van der Waals surface area contributed by atoms with E-state index in [9.17, 15) is 0 Å². The van der Waals surface area contributed by atoms with Gasteiger partial charge in [-0.3, -0.25) is 0 Å². The van der Waals surface area contributed by atoms with E-state index < -0.39 is 0 Å². The molecular weight excluding hydrogens is 450 g/mol. The molecule has 0 saturated carbocycles. The minimum atomic E-state index is 0. The molecule has 138 valence electrons. The first-order valence-electron chi connectivity index (χ1n) is 8.97. The van der Waals surface area contributed by atoms with Crippen LogP contribution in [0.25, 0.3) is 11.1 Å². The topological polar surface area (TPSA) is 0 Å². The molecule has 0 N–H and O–H groups in total. The van der Waals surface area contributed by atoms with E-state index in [0.29, 0.717) is 5.92 Å². The van der Waals surface area contributed by atoms with Crippen molar-refractivity contribution in [1.29, 1.82) is 0 Å². The molecule has 0 aromatic heterocycles. The van der Waals surface area contributed by atoms with E-state index in [2.05, 4.69) is 86.3 Å². The van der Waals surface area contributed by atoms with Crippen molar-refractivity contribution >= 4 is 0 Å². The Kier molecular flexibility index (Phi) is 9.00. The first-order valence-corrected chi connectivity index (χ1v) is 8.97. The van der Waals surface area contributed by atoms with E-state index in [4.69, 9.17) is 0 Å². The summed E-state index contributed by atoms with van der Waals surface area (Å²) in [5.74, 6) is 0.416. The van der Waals surface area contributed by atoms with Crippen LogP contribution in [0.1, 0.15) is 43.2 Å². The van der Waals surface area contributed by atoms with Gasteiger partial charge in [0.25, 0.3) is 0 Å². The summed E-state index contributed by atoms with van der Waals surface area (Å²) in [7, 11) is 0. The molecule has 0 saturated heterocycles. The summed E-state index contributed by atoms with van der Waals surface area (Å²) in [6.07, 6.45) is 12.2. The van der Waals surface area contributed by atoms with Gasteiger partial charge >= 0.3 is 26.2 Å². The van der Waals surface area contributed by atoms with Gasteiger partial charge in [-0.15, -0.1) is 6.58 Å². The molecule has 0 heterocycles. The monoisotopic (exact) mass is 472 g/mol. The number of hydrogen-bond donors (Lipinski definition) is 0. The van der Waals surface area contributed by atoms with Crippen LogP contribution in [-0.2, 0) is 26.2 Å². The van der Waals surface area contributed by atoms with Crippen molar-refractivity contribution in [3.05, 3.63) is 96.1 Å². The Labute approximate surface area is 194 Å². The third-order valence-corrected chi connectivity index (χ3v) is 5.94. The average molecular weight is 475 g/mol. The van der Waals surface area contributed by atoms with Crippen molar-refractivity contribution in [2.75, 3.05) is 0 Å². The summed E-state index contributed by atoms with van der Waals surface area (Å²) >= 11 is 0. The number of benzene rings is 2. The molecule has 2 aromatic carbocycles. The van der Waals surface area contributed by atoms with Gasteiger partial charge in [0.15, 0.2) is 0 Å². The number of hydrogen-bond acceptors (Lipinski definition) is 0. The molecule has 0 radical (unpaired) electrons. The summed E-state index contributed by atoms with van der Waals surface area (Å²) in [6, 6.07) is 17.9. The maximum atomic E-state index is 4.10. The van der Waals surface area contributed by atoms with E-state index in [0.717, 1.165) is 19.3 Å². The Morgan fingerprint density at radius 1 is 1.00 bits per heavy atom. The van der Waals surface area contributed by atoms with Gasteiger partial charge in [-0.2, -0.15) is 0 Å². The van der Waals surface area contributed by atoms with Crippen molar-refractivity contribution in [2.45, 2.75) is 32.1 Å². The fourth-order valence-electron chi connectivity index (χ4n) is 4.83. The van der Waals surface area contributed by atoms with Crippen LogP contribution >= 0.6 is 0 Å². The normalized spacial score (nSPS) is 16.0. The zero-order chi connectivity index (χ0) is 16.6. The van der Waals surface area contributed by atoms with E-state index in [1.807, 2.05) is 0 Å². The van der Waals surface area contributed by atoms with E-state index in [1.165, 1.54) is 22.3 Å². The van der Waals surface area contributed by atoms with Crippen LogP contribution in [0, 0.1) is 5.41 Å². The van der Waals surface area contributed by atoms with Crippen LogP contribution in [0.5, 0.6) is 0 Å². The Morgan fingerprint density at radius 2 is 1.56 bits per heavy atom. The molecule has 0 spiro atoms. The summed E-state index contributed by atoms with van der Waals surface area (Å²) in [6.45, 7) is 6.44. The predicted octanol–water partition coefficient (Wildman–Crippen LogP) is 0.663. The van der Waals surface area contributed by atoms with Crippen LogP contribution in [0.2, 0.25) is 0 Å². The molecule has 0 fully saturated rings. The van der Waals surface area contributed by atoms with Crippen molar-refractivity contribution in [2.24, 2.45) is 5.41 Å². The third kappa shape index (κ3) is 3.84. The molecule has 3 heteroatoms. The number of allylic oxidation sites excluding steroid dienone is 5. The van der Waals surface area contributed by atoms with Gasteiger partial charge in [0, 0.05) is 11.3 Å². The van der Waals surface area contributed by atoms with Gasteiger partial charge in [0.05, 0.1) is 0 Å². The van der Waals surface area contributed by atoms with Gasteiger partial charge < -0.3 is 24.8 Å². The molecule has 4 rings (SSSR count). The predicted molar refractivity (Wildman–Crippen MR) is 103 cm³/mol. The van der Waals surface area contributed by atoms with E-state index >= 15 is 0 Å². The molecule has 0 nitrogen and oxygen atoms in total. The second kappa shape index (κ2) is 10.1. The van der Waals surface area contributed by atoms with E-state index in [-0.39, 0.29) is 56.4 Å². The van der Waals surface area contributed by atoms with Gasteiger partial charge in [-0.25, -0.2) is 0 Å². The smallest absolute Gasteiger partial charge is 1.00 e. The molecule has 27 heavy (non-hydrogen) atoms. The minimum absolute atomic E-state index is 0. The minimum Gasteiger partial charge on any atom is -1.00 e. The number of fused-ring (bicyclic) bond motifs is 3. The van der Waals surface area contributed by atoms with Gasteiger partial charge in [-0.05, 0) is 41.5 Å². The molecule has 1 atom stereocenters. The molecule has 2 aromatic rings. The van der Waals surface area contributed by atoms with Crippen LogP contribution < -0.4 is 24.8 Å². The Bertz CT molecular complexity index is 807. The summed E-state index contributed by atoms with van der Waals surface area (Å²) in [5.41, 5.74) is 7.46. The molecular formula is C24H24Cl2Zr. The Balaban J connectivity index is 0.00000121. The first kappa shape index (κ1) is 24.2. The summed E-state index contributed by atoms with van der Waals surface area (Å²) in [5, 5.41) is 0. The second-order valence-corrected chi connectivity index (χ2v) is 6.93. The van der Waals surface area contributed by atoms with Crippen LogP contribution in [-0.4, -0.2) is 0 Å². The SMILES string of the molecule is C=CCC(CC)(C1=CC=CC1)C1c2ccccc2-c2ccccc21.[Cl-].[Cl-].[Zr+2]. The molecule has 1 unspecified atom stereocenters. The fraction of sp³-hybridized carbons (Fsp3) is 0.250. The second-order valence-electron chi connectivity index (χ2n) is 6.93. The maximum Gasteiger partial charge on any atom is 2.00 e. The van der Waals surface area contributed by atoms with Gasteiger partial charge in [0.2, 0.25) is 0 Å². The fourth-order valence-corrected chi connectivity index (χ4v) is 4.83. The Hall–Kier alpha value is -0.877. The largest absolute Gasteiger partial charge is 2.00 e. The van der Waals surface area contributed by atoms with Crippen molar-refractivity contribution in [1.82, 2.24) is 0 Å². The first-order chi connectivity index (χ1) is 11.8. The standard InChI is InChI=1S/C24H24.2ClH.Zr/c1-3-17-24(4-2,18-11-5-6-12-18)23-21-15-9-7-13-19(21)20-14-8-10-16-22(20)23;;;/h3,5-11,13-16,23H,1,4,12,17H2,2H3;2*1H;/q;;;+2/p-2. The number of halogens is 2. The average Bonchev–Trinajstić information content (AvgIpc) is 3.27. The third-order valence-electron chi connectivity index (χ3n) is 5.94. The van der Waals surface area contributed by atoms with Crippen molar-refractivity contribution in [3.8, 4) is 11.1 Å². The molecule has 0 aliphatic heterocycles. The Morgan fingerprint density at radius 3 is 2.00 bits per heavy atom. The van der Waals surface area contributed by atoms with Gasteiger partial charge in [-0.1, -0.05) is 85.3 Å². The molecule has 0 amide bonds. The number of rotatable bonds is 5.